The smallest absolute Gasteiger partial charge is 0.225 e. The van der Waals surface area contributed by atoms with E-state index in [4.69, 9.17) is 16.3 Å². The Morgan fingerprint density at radius 3 is 2.67 bits per heavy atom. The molecule has 0 atom stereocenters. The fraction of sp³-hybridized carbons (Fsp3) is 0.800. The van der Waals surface area contributed by atoms with Gasteiger partial charge in [-0.2, -0.15) is 0 Å². The minimum atomic E-state index is 0.455. The van der Waals surface area contributed by atoms with Crippen LogP contribution in [0.4, 0.5) is 0 Å². The number of hydrogen-bond acceptors (Lipinski definition) is 3. The van der Waals surface area contributed by atoms with Crippen LogP contribution in [0, 0.1) is 12.8 Å². The molecule has 1 rings (SSSR count). The van der Waals surface area contributed by atoms with E-state index in [1.807, 2.05) is 11.5 Å². The first-order valence-electron chi connectivity index (χ1n) is 5.24. The number of ether oxygens (including phenoxy) is 1. The molecule has 86 valence electrons. The molecule has 0 saturated heterocycles. The van der Waals surface area contributed by atoms with Gasteiger partial charge in [-0.3, -0.25) is 0 Å². The molecule has 0 amide bonds. The average molecular weight is 232 g/mol. The van der Waals surface area contributed by atoms with E-state index in [0.717, 1.165) is 32.0 Å². The van der Waals surface area contributed by atoms with Gasteiger partial charge in [0.05, 0.1) is 0 Å². The number of aryl methyl sites for hydroxylation is 1. The fourth-order valence-corrected chi connectivity index (χ4v) is 1.50. The third-order valence-corrected chi connectivity index (χ3v) is 2.29. The van der Waals surface area contributed by atoms with Gasteiger partial charge in [0.25, 0.3) is 0 Å². The molecule has 1 aromatic heterocycles. The summed E-state index contributed by atoms with van der Waals surface area (Å²) in [5.41, 5.74) is 0. The second-order valence-corrected chi connectivity index (χ2v) is 4.33. The third kappa shape index (κ3) is 4.18. The highest BCUT2D eigenvalue weighted by atomic mass is 35.5. The first kappa shape index (κ1) is 12.5. The summed E-state index contributed by atoms with van der Waals surface area (Å²) in [5.74, 6) is 1.44. The van der Waals surface area contributed by atoms with Crippen LogP contribution in [0.15, 0.2) is 0 Å². The lowest BCUT2D eigenvalue weighted by molar-refractivity contribution is 0.105. The Hall–Kier alpha value is -0.610. The molecule has 15 heavy (non-hydrogen) atoms. The van der Waals surface area contributed by atoms with Crippen molar-refractivity contribution in [2.45, 2.75) is 33.7 Å². The first-order valence-corrected chi connectivity index (χ1v) is 5.62. The van der Waals surface area contributed by atoms with E-state index < -0.39 is 0 Å². The van der Waals surface area contributed by atoms with Crippen LogP contribution in [0.25, 0.3) is 0 Å². The van der Waals surface area contributed by atoms with Crippen molar-refractivity contribution >= 4 is 11.6 Å². The zero-order chi connectivity index (χ0) is 11.3. The standard InChI is InChI=1S/C10H18ClN3O/c1-8(2)7-15-6-4-5-14-9(3)12-13-10(14)11/h8H,4-7H2,1-3H3. The first-order chi connectivity index (χ1) is 7.11. The summed E-state index contributed by atoms with van der Waals surface area (Å²) in [6, 6.07) is 0. The highest BCUT2D eigenvalue weighted by Crippen LogP contribution is 2.08. The predicted octanol–water partition coefficient (Wildman–Crippen LogP) is 2.30. The Morgan fingerprint density at radius 2 is 2.13 bits per heavy atom. The van der Waals surface area contributed by atoms with E-state index in [2.05, 4.69) is 24.0 Å². The summed E-state index contributed by atoms with van der Waals surface area (Å²) in [4.78, 5) is 0. The number of rotatable bonds is 6. The minimum Gasteiger partial charge on any atom is -0.381 e. The van der Waals surface area contributed by atoms with Crippen molar-refractivity contribution in [2.24, 2.45) is 5.92 Å². The van der Waals surface area contributed by atoms with Crippen molar-refractivity contribution in [1.82, 2.24) is 14.8 Å². The molecule has 0 bridgehead atoms. The van der Waals surface area contributed by atoms with Crippen LogP contribution in [-0.2, 0) is 11.3 Å². The molecule has 5 heteroatoms. The van der Waals surface area contributed by atoms with Crippen LogP contribution in [0.5, 0.6) is 0 Å². The molecule has 0 unspecified atom stereocenters. The van der Waals surface area contributed by atoms with Crippen LogP contribution in [0.3, 0.4) is 0 Å². The quantitative estimate of drug-likeness (QED) is 0.706. The third-order valence-electron chi connectivity index (χ3n) is 2.01. The highest BCUT2D eigenvalue weighted by molar-refractivity contribution is 6.28. The molecule has 1 heterocycles. The normalized spacial score (nSPS) is 11.3. The lowest BCUT2D eigenvalue weighted by atomic mass is 10.2. The van der Waals surface area contributed by atoms with Crippen LogP contribution in [0.1, 0.15) is 26.1 Å². The average Bonchev–Trinajstić information content (AvgIpc) is 2.47. The molecule has 0 aliphatic heterocycles. The SMILES string of the molecule is Cc1nnc(Cl)n1CCCOCC(C)C. The van der Waals surface area contributed by atoms with Gasteiger partial charge in [-0.1, -0.05) is 13.8 Å². The maximum absolute atomic E-state index is 5.86. The van der Waals surface area contributed by atoms with Gasteiger partial charge < -0.3 is 9.30 Å². The number of hydrogen-bond donors (Lipinski definition) is 0. The Bertz CT molecular complexity index is 279. The summed E-state index contributed by atoms with van der Waals surface area (Å²) >= 11 is 5.86. The zero-order valence-electron chi connectivity index (χ0n) is 9.53. The van der Waals surface area contributed by atoms with Gasteiger partial charge in [0.15, 0.2) is 0 Å². The number of halogens is 1. The Labute approximate surface area is 95.6 Å². The van der Waals surface area contributed by atoms with E-state index in [9.17, 15) is 0 Å². The second kappa shape index (κ2) is 6.08. The summed E-state index contributed by atoms with van der Waals surface area (Å²) in [6.07, 6.45) is 0.936. The van der Waals surface area contributed by atoms with Gasteiger partial charge in [-0.25, -0.2) is 0 Å². The molecule has 0 fully saturated rings. The van der Waals surface area contributed by atoms with Crippen molar-refractivity contribution < 1.29 is 4.74 Å². The van der Waals surface area contributed by atoms with E-state index >= 15 is 0 Å². The molecule has 0 aromatic carbocycles. The van der Waals surface area contributed by atoms with Crippen LogP contribution in [-0.4, -0.2) is 28.0 Å². The van der Waals surface area contributed by atoms with Crippen LogP contribution in [0.2, 0.25) is 5.28 Å². The minimum absolute atomic E-state index is 0.455. The summed E-state index contributed by atoms with van der Waals surface area (Å²) in [7, 11) is 0. The largest absolute Gasteiger partial charge is 0.381 e. The summed E-state index contributed by atoms with van der Waals surface area (Å²) < 4.78 is 7.37. The van der Waals surface area contributed by atoms with Gasteiger partial charge in [-0.05, 0) is 30.9 Å². The maximum Gasteiger partial charge on any atom is 0.225 e. The molecule has 0 spiro atoms. The van der Waals surface area contributed by atoms with E-state index in [-0.39, 0.29) is 0 Å². The maximum atomic E-state index is 5.86. The Kier molecular flexibility index (Phi) is 5.05. The lowest BCUT2D eigenvalue weighted by Crippen LogP contribution is -2.07. The molecular weight excluding hydrogens is 214 g/mol. The van der Waals surface area contributed by atoms with Crippen molar-refractivity contribution in [2.75, 3.05) is 13.2 Å². The van der Waals surface area contributed by atoms with Crippen molar-refractivity contribution in [3.05, 3.63) is 11.1 Å². The van der Waals surface area contributed by atoms with Crippen molar-refractivity contribution in [3.8, 4) is 0 Å². The molecule has 0 aliphatic rings. The summed E-state index contributed by atoms with van der Waals surface area (Å²) in [5, 5.41) is 8.12. The Morgan fingerprint density at radius 1 is 1.40 bits per heavy atom. The van der Waals surface area contributed by atoms with Crippen molar-refractivity contribution in [1.29, 1.82) is 0 Å². The van der Waals surface area contributed by atoms with E-state index in [1.54, 1.807) is 0 Å². The highest BCUT2D eigenvalue weighted by Gasteiger charge is 2.04. The molecular formula is C10H18ClN3O. The van der Waals surface area contributed by atoms with Crippen LogP contribution >= 0.6 is 11.6 Å². The van der Waals surface area contributed by atoms with Gasteiger partial charge in [0.2, 0.25) is 5.28 Å². The summed E-state index contributed by atoms with van der Waals surface area (Å²) in [6.45, 7) is 8.56. The molecule has 4 nitrogen and oxygen atoms in total. The molecule has 0 N–H and O–H groups in total. The monoisotopic (exact) mass is 231 g/mol. The second-order valence-electron chi connectivity index (χ2n) is 3.99. The number of aromatic nitrogens is 3. The van der Waals surface area contributed by atoms with Crippen LogP contribution < -0.4 is 0 Å². The van der Waals surface area contributed by atoms with Gasteiger partial charge >= 0.3 is 0 Å². The van der Waals surface area contributed by atoms with E-state index in [1.165, 1.54) is 0 Å². The molecule has 0 radical (unpaired) electrons. The molecule has 0 aliphatic carbocycles. The Balaban J connectivity index is 2.20. The number of nitrogens with zero attached hydrogens (tertiary/aromatic N) is 3. The zero-order valence-corrected chi connectivity index (χ0v) is 10.3. The van der Waals surface area contributed by atoms with Gasteiger partial charge in [0.1, 0.15) is 5.82 Å². The topological polar surface area (TPSA) is 39.9 Å². The van der Waals surface area contributed by atoms with E-state index in [0.29, 0.717) is 11.2 Å². The van der Waals surface area contributed by atoms with Gasteiger partial charge in [-0.15, -0.1) is 10.2 Å². The molecule has 0 saturated carbocycles. The lowest BCUT2D eigenvalue weighted by Gasteiger charge is -2.07. The molecule has 1 aromatic rings. The predicted molar refractivity (Wildman–Crippen MR) is 60.0 cm³/mol. The van der Waals surface area contributed by atoms with Gasteiger partial charge in [0, 0.05) is 19.8 Å². The fourth-order valence-electron chi connectivity index (χ4n) is 1.25. The van der Waals surface area contributed by atoms with Crippen molar-refractivity contribution in [3.63, 3.8) is 0 Å².